The SMILES string of the molecule is COc1cc(NC(=O)[C@H](C)N)ccc1NC(C)=O. The van der Waals surface area contributed by atoms with Crippen LogP contribution in [0.15, 0.2) is 18.2 Å². The molecule has 1 aromatic carbocycles. The first-order valence-electron chi connectivity index (χ1n) is 5.46. The molecule has 1 aromatic rings. The molecule has 4 N–H and O–H groups in total. The summed E-state index contributed by atoms with van der Waals surface area (Å²) in [7, 11) is 1.48. The molecule has 0 fully saturated rings. The van der Waals surface area contributed by atoms with Gasteiger partial charge in [0.1, 0.15) is 5.75 Å². The van der Waals surface area contributed by atoms with Crippen molar-refractivity contribution in [2.24, 2.45) is 5.73 Å². The summed E-state index contributed by atoms with van der Waals surface area (Å²) in [6.07, 6.45) is 0. The maximum Gasteiger partial charge on any atom is 0.241 e. The lowest BCUT2D eigenvalue weighted by molar-refractivity contribution is -0.117. The molecule has 1 atom stereocenters. The molecule has 0 heterocycles. The van der Waals surface area contributed by atoms with Gasteiger partial charge >= 0.3 is 0 Å². The Morgan fingerprint density at radius 3 is 2.50 bits per heavy atom. The molecular formula is C12H17N3O3. The van der Waals surface area contributed by atoms with Crippen LogP contribution in [-0.2, 0) is 9.59 Å². The summed E-state index contributed by atoms with van der Waals surface area (Å²) in [4.78, 5) is 22.4. The lowest BCUT2D eigenvalue weighted by atomic mass is 10.2. The lowest BCUT2D eigenvalue weighted by Gasteiger charge is -2.12. The number of hydrogen-bond donors (Lipinski definition) is 3. The average Bonchev–Trinajstić information content (AvgIpc) is 2.30. The van der Waals surface area contributed by atoms with Crippen molar-refractivity contribution in [3.05, 3.63) is 18.2 Å². The van der Waals surface area contributed by atoms with E-state index in [9.17, 15) is 9.59 Å². The summed E-state index contributed by atoms with van der Waals surface area (Å²) in [6, 6.07) is 4.34. The maximum atomic E-state index is 11.4. The fourth-order valence-electron chi connectivity index (χ4n) is 1.32. The number of methoxy groups -OCH3 is 1. The van der Waals surface area contributed by atoms with Gasteiger partial charge in [-0.05, 0) is 19.1 Å². The number of carbonyl (C=O) groups is 2. The fraction of sp³-hybridized carbons (Fsp3) is 0.333. The fourth-order valence-corrected chi connectivity index (χ4v) is 1.32. The second-order valence-electron chi connectivity index (χ2n) is 3.87. The van der Waals surface area contributed by atoms with Gasteiger partial charge in [-0.15, -0.1) is 0 Å². The first-order valence-corrected chi connectivity index (χ1v) is 5.46. The number of rotatable bonds is 4. The van der Waals surface area contributed by atoms with Gasteiger partial charge in [-0.2, -0.15) is 0 Å². The molecule has 0 spiro atoms. The van der Waals surface area contributed by atoms with Gasteiger partial charge < -0.3 is 21.1 Å². The van der Waals surface area contributed by atoms with E-state index in [2.05, 4.69) is 10.6 Å². The highest BCUT2D eigenvalue weighted by Crippen LogP contribution is 2.27. The van der Waals surface area contributed by atoms with E-state index in [1.807, 2.05) is 0 Å². The van der Waals surface area contributed by atoms with Crippen molar-refractivity contribution in [3.8, 4) is 5.75 Å². The van der Waals surface area contributed by atoms with Crippen LogP contribution in [0.1, 0.15) is 13.8 Å². The second kappa shape index (κ2) is 6.02. The van der Waals surface area contributed by atoms with Crippen molar-refractivity contribution < 1.29 is 14.3 Å². The number of amides is 2. The normalized spacial score (nSPS) is 11.6. The Labute approximate surface area is 105 Å². The number of ether oxygens (including phenoxy) is 1. The Hall–Kier alpha value is -2.08. The number of benzene rings is 1. The number of anilines is 2. The number of hydrogen-bond acceptors (Lipinski definition) is 4. The molecule has 0 saturated carbocycles. The zero-order valence-electron chi connectivity index (χ0n) is 10.6. The molecule has 0 aliphatic heterocycles. The van der Waals surface area contributed by atoms with Crippen LogP contribution >= 0.6 is 0 Å². The Balaban J connectivity index is 2.91. The van der Waals surface area contributed by atoms with Gasteiger partial charge in [0.25, 0.3) is 0 Å². The van der Waals surface area contributed by atoms with Crippen molar-refractivity contribution in [2.45, 2.75) is 19.9 Å². The molecule has 1 rings (SSSR count). The van der Waals surface area contributed by atoms with E-state index < -0.39 is 6.04 Å². The summed E-state index contributed by atoms with van der Waals surface area (Å²) in [6.45, 7) is 3.00. The van der Waals surface area contributed by atoms with E-state index in [1.165, 1.54) is 14.0 Å². The smallest absolute Gasteiger partial charge is 0.241 e. The topological polar surface area (TPSA) is 93.4 Å². The van der Waals surface area contributed by atoms with Gasteiger partial charge in [0, 0.05) is 18.7 Å². The number of nitrogens with two attached hydrogens (primary N) is 1. The highest BCUT2D eigenvalue weighted by Gasteiger charge is 2.10. The monoisotopic (exact) mass is 251 g/mol. The van der Waals surface area contributed by atoms with Crippen molar-refractivity contribution in [1.29, 1.82) is 0 Å². The molecule has 0 aliphatic rings. The summed E-state index contributed by atoms with van der Waals surface area (Å²) < 4.78 is 5.13. The molecule has 98 valence electrons. The second-order valence-corrected chi connectivity index (χ2v) is 3.87. The van der Waals surface area contributed by atoms with E-state index in [4.69, 9.17) is 10.5 Å². The summed E-state index contributed by atoms with van der Waals surface area (Å²) in [5.74, 6) is -0.0160. The molecule has 6 nitrogen and oxygen atoms in total. The Kier molecular flexibility index (Phi) is 4.67. The van der Waals surface area contributed by atoms with Gasteiger partial charge in [0.15, 0.2) is 0 Å². The van der Waals surface area contributed by atoms with Crippen molar-refractivity contribution in [3.63, 3.8) is 0 Å². The molecule has 0 aromatic heterocycles. The largest absolute Gasteiger partial charge is 0.494 e. The average molecular weight is 251 g/mol. The standard InChI is InChI=1S/C12H17N3O3/c1-7(13)12(17)15-9-4-5-10(14-8(2)16)11(6-9)18-3/h4-7H,13H2,1-3H3,(H,14,16)(H,15,17)/t7-/m0/s1. The van der Waals surface area contributed by atoms with Crippen LogP contribution < -0.4 is 21.1 Å². The van der Waals surface area contributed by atoms with Crippen LogP contribution in [0.4, 0.5) is 11.4 Å². The summed E-state index contributed by atoms with van der Waals surface area (Å²) in [5, 5.41) is 5.27. The molecule has 0 bridgehead atoms. The summed E-state index contributed by atoms with van der Waals surface area (Å²) >= 11 is 0. The molecule has 0 aliphatic carbocycles. The molecule has 0 radical (unpaired) electrons. The maximum absolute atomic E-state index is 11.4. The van der Waals surface area contributed by atoms with Crippen LogP contribution in [0.2, 0.25) is 0 Å². The van der Waals surface area contributed by atoms with Crippen molar-refractivity contribution >= 4 is 23.2 Å². The molecule has 0 saturated heterocycles. The van der Waals surface area contributed by atoms with E-state index in [1.54, 1.807) is 25.1 Å². The van der Waals surface area contributed by atoms with Crippen LogP contribution in [0, 0.1) is 0 Å². The molecular weight excluding hydrogens is 234 g/mol. The highest BCUT2D eigenvalue weighted by atomic mass is 16.5. The predicted molar refractivity (Wildman–Crippen MR) is 69.6 cm³/mol. The quantitative estimate of drug-likeness (QED) is 0.742. The minimum absolute atomic E-state index is 0.194. The van der Waals surface area contributed by atoms with Crippen molar-refractivity contribution in [2.75, 3.05) is 17.7 Å². The summed E-state index contributed by atoms with van der Waals surface area (Å²) in [5.41, 5.74) is 6.55. The third-order valence-corrected chi connectivity index (χ3v) is 2.19. The van der Waals surface area contributed by atoms with Crippen molar-refractivity contribution in [1.82, 2.24) is 0 Å². The highest BCUT2D eigenvalue weighted by molar-refractivity contribution is 5.96. The first-order chi connectivity index (χ1) is 8.43. The van der Waals surface area contributed by atoms with E-state index in [0.29, 0.717) is 17.1 Å². The van der Waals surface area contributed by atoms with Crippen LogP contribution in [-0.4, -0.2) is 25.0 Å². The Morgan fingerprint density at radius 2 is 2.00 bits per heavy atom. The third kappa shape index (κ3) is 3.74. The van der Waals surface area contributed by atoms with E-state index in [-0.39, 0.29) is 11.8 Å². The third-order valence-electron chi connectivity index (χ3n) is 2.19. The van der Waals surface area contributed by atoms with E-state index >= 15 is 0 Å². The minimum Gasteiger partial charge on any atom is -0.494 e. The van der Waals surface area contributed by atoms with Gasteiger partial charge in [-0.1, -0.05) is 0 Å². The zero-order chi connectivity index (χ0) is 13.7. The van der Waals surface area contributed by atoms with Gasteiger partial charge in [-0.3, -0.25) is 9.59 Å². The first kappa shape index (κ1) is 14.0. The van der Waals surface area contributed by atoms with E-state index in [0.717, 1.165) is 0 Å². The molecule has 2 amide bonds. The Morgan fingerprint density at radius 1 is 1.33 bits per heavy atom. The number of nitrogens with one attached hydrogen (secondary N) is 2. The molecule has 6 heteroatoms. The van der Waals surface area contributed by atoms with Crippen LogP contribution in [0.5, 0.6) is 5.75 Å². The van der Waals surface area contributed by atoms with Crippen LogP contribution in [0.3, 0.4) is 0 Å². The number of carbonyl (C=O) groups excluding carboxylic acids is 2. The lowest BCUT2D eigenvalue weighted by Crippen LogP contribution is -2.32. The minimum atomic E-state index is -0.592. The molecule has 0 unspecified atom stereocenters. The van der Waals surface area contributed by atoms with Gasteiger partial charge in [0.05, 0.1) is 18.8 Å². The van der Waals surface area contributed by atoms with Gasteiger partial charge in [0.2, 0.25) is 11.8 Å². The Bertz CT molecular complexity index is 458. The van der Waals surface area contributed by atoms with Crippen LogP contribution in [0.25, 0.3) is 0 Å². The van der Waals surface area contributed by atoms with Gasteiger partial charge in [-0.25, -0.2) is 0 Å². The molecule has 18 heavy (non-hydrogen) atoms. The predicted octanol–water partition coefficient (Wildman–Crippen LogP) is 0.939. The zero-order valence-corrected chi connectivity index (χ0v) is 10.6.